The maximum Gasteiger partial charge on any atom is 0.269 e. The van der Waals surface area contributed by atoms with Crippen LogP contribution in [0.5, 0.6) is 0 Å². The van der Waals surface area contributed by atoms with Crippen molar-refractivity contribution in [1.82, 2.24) is 19.5 Å². The zero-order valence-corrected chi connectivity index (χ0v) is 14.8. The molecule has 0 aliphatic carbocycles. The number of nitrogens with zero attached hydrogens (tertiary/aromatic N) is 6. The Bertz CT molecular complexity index is 921. The molecule has 1 unspecified atom stereocenters. The minimum absolute atomic E-state index is 0.0368. The second kappa shape index (κ2) is 8.06. The molecule has 10 nitrogen and oxygen atoms in total. The van der Waals surface area contributed by atoms with Crippen molar-refractivity contribution in [3.8, 4) is 0 Å². The standard InChI is InChI=1S/C17H20N6O4/c1-12(13-2-4-14(5-3-13)23(26)27)22-11-20-15-16(18-10-19-17(15)22)21(6-8-24)7-9-25/h2-5,10-12,24-25H,6-9H2,1H3. The average Bonchev–Trinajstić information content (AvgIpc) is 3.11. The summed E-state index contributed by atoms with van der Waals surface area (Å²) in [4.78, 5) is 25.2. The molecule has 10 heteroatoms. The second-order valence-electron chi connectivity index (χ2n) is 5.98. The summed E-state index contributed by atoms with van der Waals surface area (Å²) in [7, 11) is 0. The largest absolute Gasteiger partial charge is 0.395 e. The molecule has 27 heavy (non-hydrogen) atoms. The number of imidazole rings is 1. The molecule has 3 rings (SSSR count). The van der Waals surface area contributed by atoms with Crippen LogP contribution < -0.4 is 4.90 Å². The lowest BCUT2D eigenvalue weighted by atomic mass is 10.1. The quantitative estimate of drug-likeness (QED) is 0.444. The van der Waals surface area contributed by atoms with E-state index >= 15 is 0 Å². The molecule has 0 spiro atoms. The first-order valence-electron chi connectivity index (χ1n) is 8.45. The van der Waals surface area contributed by atoms with Crippen molar-refractivity contribution in [2.24, 2.45) is 0 Å². The Kier molecular flexibility index (Phi) is 5.57. The van der Waals surface area contributed by atoms with E-state index in [9.17, 15) is 20.3 Å². The fourth-order valence-corrected chi connectivity index (χ4v) is 2.95. The fraction of sp³-hybridized carbons (Fsp3) is 0.353. The van der Waals surface area contributed by atoms with E-state index in [4.69, 9.17) is 0 Å². The molecule has 0 radical (unpaired) electrons. The van der Waals surface area contributed by atoms with Crippen LogP contribution in [-0.4, -0.2) is 61.0 Å². The molecule has 0 saturated carbocycles. The molecular weight excluding hydrogens is 352 g/mol. The number of nitro benzene ring substituents is 1. The van der Waals surface area contributed by atoms with Crippen LogP contribution in [-0.2, 0) is 0 Å². The average molecular weight is 372 g/mol. The molecule has 1 aromatic carbocycles. The van der Waals surface area contributed by atoms with E-state index in [1.807, 2.05) is 11.5 Å². The number of fused-ring (bicyclic) bond motifs is 1. The third kappa shape index (κ3) is 3.71. The lowest BCUT2D eigenvalue weighted by Crippen LogP contribution is -2.30. The van der Waals surface area contributed by atoms with Crippen molar-refractivity contribution < 1.29 is 15.1 Å². The third-order valence-electron chi connectivity index (χ3n) is 4.38. The summed E-state index contributed by atoms with van der Waals surface area (Å²) in [5, 5.41) is 29.3. The number of aromatic nitrogens is 4. The van der Waals surface area contributed by atoms with Gasteiger partial charge in [-0.25, -0.2) is 15.0 Å². The van der Waals surface area contributed by atoms with Crippen molar-refractivity contribution in [2.45, 2.75) is 13.0 Å². The fourth-order valence-electron chi connectivity index (χ4n) is 2.95. The second-order valence-corrected chi connectivity index (χ2v) is 5.98. The van der Waals surface area contributed by atoms with Crippen LogP contribution in [0.3, 0.4) is 0 Å². The summed E-state index contributed by atoms with van der Waals surface area (Å²) < 4.78 is 1.86. The molecule has 0 aliphatic rings. The van der Waals surface area contributed by atoms with Crippen LogP contribution in [0.2, 0.25) is 0 Å². The lowest BCUT2D eigenvalue weighted by Gasteiger charge is -2.21. The molecule has 1 atom stereocenters. The van der Waals surface area contributed by atoms with Crippen molar-refractivity contribution >= 4 is 22.7 Å². The van der Waals surface area contributed by atoms with Gasteiger partial charge in [-0.05, 0) is 12.5 Å². The van der Waals surface area contributed by atoms with Gasteiger partial charge in [0.1, 0.15) is 6.33 Å². The number of rotatable bonds is 8. The number of anilines is 1. The van der Waals surface area contributed by atoms with Crippen LogP contribution in [0, 0.1) is 10.1 Å². The smallest absolute Gasteiger partial charge is 0.269 e. The minimum Gasteiger partial charge on any atom is -0.395 e. The minimum atomic E-state index is -0.433. The van der Waals surface area contributed by atoms with Gasteiger partial charge in [-0.1, -0.05) is 12.1 Å². The maximum absolute atomic E-state index is 10.8. The number of aliphatic hydroxyl groups excluding tert-OH is 2. The topological polar surface area (TPSA) is 130 Å². The summed E-state index contributed by atoms with van der Waals surface area (Å²) in [6.45, 7) is 2.43. The summed E-state index contributed by atoms with van der Waals surface area (Å²) in [6, 6.07) is 6.20. The molecule has 2 heterocycles. The summed E-state index contributed by atoms with van der Waals surface area (Å²) >= 11 is 0. The van der Waals surface area contributed by atoms with Gasteiger partial charge in [-0.15, -0.1) is 0 Å². The van der Waals surface area contributed by atoms with E-state index in [1.54, 1.807) is 23.4 Å². The summed E-state index contributed by atoms with van der Waals surface area (Å²) in [5.41, 5.74) is 2.08. The first-order valence-corrected chi connectivity index (χ1v) is 8.45. The first-order chi connectivity index (χ1) is 13.1. The number of nitro groups is 1. The Labute approximate surface area is 154 Å². The van der Waals surface area contributed by atoms with Crippen molar-refractivity contribution in [3.05, 3.63) is 52.6 Å². The molecule has 2 aromatic heterocycles. The van der Waals surface area contributed by atoms with Gasteiger partial charge in [0.2, 0.25) is 0 Å². The van der Waals surface area contributed by atoms with Crippen LogP contribution in [0.1, 0.15) is 18.5 Å². The van der Waals surface area contributed by atoms with Gasteiger partial charge in [-0.3, -0.25) is 10.1 Å². The molecule has 2 N–H and O–H groups in total. The zero-order chi connectivity index (χ0) is 19.4. The van der Waals surface area contributed by atoms with Gasteiger partial charge in [-0.2, -0.15) is 0 Å². The number of non-ortho nitro benzene ring substituents is 1. The van der Waals surface area contributed by atoms with E-state index in [2.05, 4.69) is 15.0 Å². The van der Waals surface area contributed by atoms with E-state index in [0.29, 0.717) is 30.1 Å². The van der Waals surface area contributed by atoms with Crippen LogP contribution in [0.25, 0.3) is 11.2 Å². The first kappa shape index (κ1) is 18.7. The Morgan fingerprint density at radius 1 is 1.15 bits per heavy atom. The molecular formula is C17H20N6O4. The van der Waals surface area contributed by atoms with Gasteiger partial charge in [0, 0.05) is 25.2 Å². The van der Waals surface area contributed by atoms with Gasteiger partial charge in [0.05, 0.1) is 30.5 Å². The predicted octanol–water partition coefficient (Wildman–Crippen LogP) is 1.13. The molecule has 0 bridgehead atoms. The predicted molar refractivity (Wildman–Crippen MR) is 98.6 cm³/mol. The van der Waals surface area contributed by atoms with Gasteiger partial charge in [0.15, 0.2) is 17.0 Å². The van der Waals surface area contributed by atoms with E-state index in [1.165, 1.54) is 18.5 Å². The highest BCUT2D eigenvalue weighted by Gasteiger charge is 2.19. The van der Waals surface area contributed by atoms with Gasteiger partial charge >= 0.3 is 0 Å². The van der Waals surface area contributed by atoms with E-state index < -0.39 is 4.92 Å². The number of hydrogen-bond donors (Lipinski definition) is 2. The lowest BCUT2D eigenvalue weighted by molar-refractivity contribution is -0.384. The van der Waals surface area contributed by atoms with Gasteiger partial charge in [0.25, 0.3) is 5.69 Å². The highest BCUT2D eigenvalue weighted by Crippen LogP contribution is 2.27. The SMILES string of the molecule is CC(c1ccc([N+](=O)[O-])cc1)n1cnc2c(N(CCO)CCO)ncnc21. The molecule has 0 amide bonds. The van der Waals surface area contributed by atoms with Crippen molar-refractivity contribution in [1.29, 1.82) is 0 Å². The van der Waals surface area contributed by atoms with Crippen molar-refractivity contribution in [2.75, 3.05) is 31.2 Å². The number of benzene rings is 1. The van der Waals surface area contributed by atoms with Crippen LogP contribution in [0.4, 0.5) is 11.5 Å². The van der Waals surface area contributed by atoms with Gasteiger partial charge < -0.3 is 19.7 Å². The molecule has 142 valence electrons. The van der Waals surface area contributed by atoms with E-state index in [0.717, 1.165) is 5.56 Å². The number of aliphatic hydroxyl groups is 2. The monoisotopic (exact) mass is 372 g/mol. The summed E-state index contributed by atoms with van der Waals surface area (Å²) in [6.07, 6.45) is 3.06. The highest BCUT2D eigenvalue weighted by molar-refractivity contribution is 5.83. The zero-order valence-electron chi connectivity index (χ0n) is 14.8. The third-order valence-corrected chi connectivity index (χ3v) is 4.38. The van der Waals surface area contributed by atoms with Crippen molar-refractivity contribution in [3.63, 3.8) is 0 Å². The number of hydrogen-bond acceptors (Lipinski definition) is 8. The Balaban J connectivity index is 1.98. The molecule has 0 fully saturated rings. The van der Waals surface area contributed by atoms with E-state index in [-0.39, 0.29) is 24.9 Å². The molecule has 0 aliphatic heterocycles. The Morgan fingerprint density at radius 2 is 1.81 bits per heavy atom. The van der Waals surface area contributed by atoms with Crippen LogP contribution in [0.15, 0.2) is 36.9 Å². The Morgan fingerprint density at radius 3 is 2.41 bits per heavy atom. The summed E-state index contributed by atoms with van der Waals surface area (Å²) in [5.74, 6) is 0.540. The Hall–Kier alpha value is -3.11. The normalized spacial score (nSPS) is 12.3. The van der Waals surface area contributed by atoms with Crippen LogP contribution >= 0.6 is 0 Å². The maximum atomic E-state index is 10.8. The molecule has 0 saturated heterocycles. The molecule has 3 aromatic rings. The highest BCUT2D eigenvalue weighted by atomic mass is 16.6.